The van der Waals surface area contributed by atoms with Gasteiger partial charge in [-0.05, 0) is 5.92 Å². The topological polar surface area (TPSA) is 75.3 Å². The molecule has 0 radical (unpaired) electrons. The summed E-state index contributed by atoms with van der Waals surface area (Å²) >= 11 is 0. The van der Waals surface area contributed by atoms with Crippen LogP contribution < -0.4 is 10.0 Å². The monoisotopic (exact) mass is 222 g/mol. The van der Waals surface area contributed by atoms with Crippen molar-refractivity contribution in [2.24, 2.45) is 5.92 Å². The Bertz CT molecular complexity index is 272. The Morgan fingerprint density at radius 3 is 2.36 bits per heavy atom. The van der Waals surface area contributed by atoms with Gasteiger partial charge >= 0.3 is 0 Å². The Labute approximate surface area is 85.3 Å². The van der Waals surface area contributed by atoms with Crippen LogP contribution in [-0.4, -0.2) is 33.7 Å². The Kier molecular flexibility index (Phi) is 5.71. The van der Waals surface area contributed by atoms with E-state index in [1.807, 2.05) is 13.8 Å². The molecule has 84 valence electrons. The van der Waals surface area contributed by atoms with Crippen molar-refractivity contribution < 1.29 is 13.2 Å². The Balaban J connectivity index is 3.55. The fraction of sp³-hybridized carbons (Fsp3) is 0.875. The zero-order chi connectivity index (χ0) is 11.2. The summed E-state index contributed by atoms with van der Waals surface area (Å²) in [4.78, 5) is 11.1. The summed E-state index contributed by atoms with van der Waals surface area (Å²) in [6.07, 6.45) is 1.25. The molecule has 5 nitrogen and oxygen atoms in total. The highest BCUT2D eigenvalue weighted by Crippen LogP contribution is 1.88. The summed E-state index contributed by atoms with van der Waals surface area (Å²) in [6, 6.07) is 0. The van der Waals surface area contributed by atoms with E-state index in [2.05, 4.69) is 10.0 Å². The van der Waals surface area contributed by atoms with Crippen molar-refractivity contribution in [1.29, 1.82) is 0 Å². The third kappa shape index (κ3) is 9.47. The van der Waals surface area contributed by atoms with Crippen molar-refractivity contribution in [3.8, 4) is 0 Å². The van der Waals surface area contributed by atoms with Gasteiger partial charge in [0.15, 0.2) is 0 Å². The number of hydrogen-bond donors (Lipinski definition) is 2. The molecule has 0 aliphatic rings. The molecular formula is C8H18N2O3S. The van der Waals surface area contributed by atoms with E-state index in [0.717, 1.165) is 6.26 Å². The molecule has 0 unspecified atom stereocenters. The van der Waals surface area contributed by atoms with Gasteiger partial charge in [-0.1, -0.05) is 13.8 Å². The molecule has 0 atom stereocenters. The van der Waals surface area contributed by atoms with Crippen LogP contribution in [0.25, 0.3) is 0 Å². The molecule has 0 spiro atoms. The van der Waals surface area contributed by atoms with Crippen LogP contribution in [0.1, 0.15) is 20.3 Å². The highest BCUT2D eigenvalue weighted by atomic mass is 32.2. The van der Waals surface area contributed by atoms with E-state index in [9.17, 15) is 13.2 Å². The highest BCUT2D eigenvalue weighted by molar-refractivity contribution is 7.88. The summed E-state index contributed by atoms with van der Waals surface area (Å²) < 4.78 is 23.5. The van der Waals surface area contributed by atoms with Gasteiger partial charge in [0, 0.05) is 19.5 Å². The quantitative estimate of drug-likeness (QED) is 0.648. The van der Waals surface area contributed by atoms with E-state index in [-0.39, 0.29) is 18.9 Å². The second-order valence-electron chi connectivity index (χ2n) is 3.61. The zero-order valence-electron chi connectivity index (χ0n) is 8.83. The minimum Gasteiger partial charge on any atom is -0.356 e. The summed E-state index contributed by atoms with van der Waals surface area (Å²) in [5, 5.41) is 2.69. The lowest BCUT2D eigenvalue weighted by molar-refractivity contribution is -0.121. The van der Waals surface area contributed by atoms with Gasteiger partial charge in [-0.15, -0.1) is 0 Å². The number of carbonyl (C=O) groups excluding carboxylic acids is 1. The van der Waals surface area contributed by atoms with Gasteiger partial charge in [0.25, 0.3) is 0 Å². The van der Waals surface area contributed by atoms with E-state index < -0.39 is 10.0 Å². The van der Waals surface area contributed by atoms with Gasteiger partial charge in [0.1, 0.15) is 0 Å². The number of carbonyl (C=O) groups is 1. The maximum absolute atomic E-state index is 11.1. The Morgan fingerprint density at radius 2 is 1.93 bits per heavy atom. The van der Waals surface area contributed by atoms with Crippen molar-refractivity contribution in [1.82, 2.24) is 10.0 Å². The fourth-order valence-electron chi connectivity index (χ4n) is 0.756. The van der Waals surface area contributed by atoms with Gasteiger partial charge in [-0.2, -0.15) is 0 Å². The molecule has 0 aromatic heterocycles. The van der Waals surface area contributed by atoms with Crippen LogP contribution in [-0.2, 0) is 14.8 Å². The number of amides is 1. The van der Waals surface area contributed by atoms with Crippen molar-refractivity contribution >= 4 is 15.9 Å². The molecule has 6 heteroatoms. The van der Waals surface area contributed by atoms with Crippen LogP contribution in [0.15, 0.2) is 0 Å². The lowest BCUT2D eigenvalue weighted by Crippen LogP contribution is -2.31. The minimum absolute atomic E-state index is 0.130. The van der Waals surface area contributed by atoms with Gasteiger partial charge in [-0.25, -0.2) is 13.1 Å². The third-order valence-corrected chi connectivity index (χ3v) is 2.15. The number of rotatable bonds is 6. The van der Waals surface area contributed by atoms with Crippen LogP contribution >= 0.6 is 0 Å². The minimum atomic E-state index is -3.18. The largest absolute Gasteiger partial charge is 0.356 e. The number of sulfonamides is 1. The van der Waals surface area contributed by atoms with Gasteiger partial charge in [-0.3, -0.25) is 4.79 Å². The van der Waals surface area contributed by atoms with Crippen molar-refractivity contribution in [3.63, 3.8) is 0 Å². The van der Waals surface area contributed by atoms with Crippen molar-refractivity contribution in [2.45, 2.75) is 20.3 Å². The standard InChI is InChI=1S/C8H18N2O3S/c1-7(2)6-9-8(11)4-5-10-14(3,12)13/h7,10H,4-6H2,1-3H3,(H,9,11). The average molecular weight is 222 g/mol. The Morgan fingerprint density at radius 1 is 1.36 bits per heavy atom. The summed E-state index contributed by atoms with van der Waals surface area (Å²) in [5.41, 5.74) is 0. The molecule has 0 saturated heterocycles. The second-order valence-corrected chi connectivity index (χ2v) is 5.45. The molecular weight excluding hydrogens is 204 g/mol. The second kappa shape index (κ2) is 5.98. The van der Waals surface area contributed by atoms with Crippen LogP contribution in [0.2, 0.25) is 0 Å². The molecule has 0 saturated carbocycles. The molecule has 0 heterocycles. The molecule has 0 fully saturated rings. The van der Waals surface area contributed by atoms with Gasteiger partial charge in [0.05, 0.1) is 6.26 Å². The first-order valence-electron chi connectivity index (χ1n) is 4.52. The first kappa shape index (κ1) is 13.4. The molecule has 0 bridgehead atoms. The molecule has 0 aromatic carbocycles. The van der Waals surface area contributed by atoms with E-state index >= 15 is 0 Å². The molecule has 0 aromatic rings. The summed E-state index contributed by atoms with van der Waals surface area (Å²) in [7, 11) is -3.18. The SMILES string of the molecule is CC(C)CNC(=O)CCNS(C)(=O)=O. The van der Waals surface area contributed by atoms with Gasteiger partial charge < -0.3 is 5.32 Å². The van der Waals surface area contributed by atoms with E-state index in [1.165, 1.54) is 0 Å². The predicted molar refractivity (Wildman–Crippen MR) is 55.3 cm³/mol. The van der Waals surface area contributed by atoms with Crippen LogP contribution in [0.3, 0.4) is 0 Å². The molecule has 14 heavy (non-hydrogen) atoms. The lowest BCUT2D eigenvalue weighted by Gasteiger charge is -2.07. The lowest BCUT2D eigenvalue weighted by atomic mass is 10.2. The maximum atomic E-state index is 11.1. The first-order chi connectivity index (χ1) is 6.31. The highest BCUT2D eigenvalue weighted by Gasteiger charge is 2.04. The third-order valence-electron chi connectivity index (χ3n) is 1.42. The van der Waals surface area contributed by atoms with Crippen LogP contribution in [0.4, 0.5) is 0 Å². The zero-order valence-corrected chi connectivity index (χ0v) is 9.65. The normalized spacial score (nSPS) is 11.7. The van der Waals surface area contributed by atoms with E-state index in [0.29, 0.717) is 12.5 Å². The number of hydrogen-bond acceptors (Lipinski definition) is 3. The van der Waals surface area contributed by atoms with Crippen molar-refractivity contribution in [2.75, 3.05) is 19.3 Å². The molecule has 0 rings (SSSR count). The molecule has 2 N–H and O–H groups in total. The number of nitrogens with one attached hydrogen (secondary N) is 2. The van der Waals surface area contributed by atoms with Crippen LogP contribution in [0, 0.1) is 5.92 Å². The fourth-order valence-corrected chi connectivity index (χ4v) is 1.23. The van der Waals surface area contributed by atoms with Crippen LogP contribution in [0.5, 0.6) is 0 Å². The molecule has 1 amide bonds. The smallest absolute Gasteiger partial charge is 0.221 e. The van der Waals surface area contributed by atoms with Crippen molar-refractivity contribution in [3.05, 3.63) is 0 Å². The first-order valence-corrected chi connectivity index (χ1v) is 6.41. The summed E-state index contributed by atoms with van der Waals surface area (Å²) in [5.74, 6) is 0.275. The predicted octanol–water partition coefficient (Wildman–Crippen LogP) is -0.302. The maximum Gasteiger partial charge on any atom is 0.221 e. The summed E-state index contributed by atoms with van der Waals surface area (Å²) in [6.45, 7) is 4.77. The van der Waals surface area contributed by atoms with E-state index in [4.69, 9.17) is 0 Å². The van der Waals surface area contributed by atoms with Gasteiger partial charge in [0.2, 0.25) is 15.9 Å². The van der Waals surface area contributed by atoms with E-state index in [1.54, 1.807) is 0 Å². The average Bonchev–Trinajstić information content (AvgIpc) is 1.98. The Hall–Kier alpha value is -0.620. The molecule has 0 aliphatic heterocycles. The molecule has 0 aliphatic carbocycles.